The van der Waals surface area contributed by atoms with E-state index in [1.165, 1.54) is 18.4 Å². The standard InChI is InChI=1S/C20H28O2/c1-4-5-6-10-15-22-20(21)18(3)16-17(2)13-14-19-11-8-7-9-12-19/h7-9,11-14,16-17H,4-6,10,15H2,1-3H3. The van der Waals surface area contributed by atoms with Crippen molar-refractivity contribution in [1.29, 1.82) is 0 Å². The predicted molar refractivity (Wildman–Crippen MR) is 93.5 cm³/mol. The first-order chi connectivity index (χ1) is 10.6. The first-order valence-electron chi connectivity index (χ1n) is 8.22. The van der Waals surface area contributed by atoms with Gasteiger partial charge >= 0.3 is 5.97 Å². The number of rotatable bonds is 9. The minimum absolute atomic E-state index is 0.198. The molecule has 1 aromatic carbocycles. The van der Waals surface area contributed by atoms with Crippen molar-refractivity contribution in [3.05, 3.63) is 53.6 Å². The van der Waals surface area contributed by atoms with Crippen LogP contribution in [0.3, 0.4) is 0 Å². The Morgan fingerprint density at radius 3 is 2.59 bits per heavy atom. The first-order valence-corrected chi connectivity index (χ1v) is 8.22. The van der Waals surface area contributed by atoms with E-state index in [1.807, 2.05) is 31.2 Å². The van der Waals surface area contributed by atoms with Gasteiger partial charge in [-0.3, -0.25) is 0 Å². The monoisotopic (exact) mass is 300 g/mol. The van der Waals surface area contributed by atoms with Crippen LogP contribution in [0.25, 0.3) is 6.08 Å². The maximum Gasteiger partial charge on any atom is 0.333 e. The molecule has 0 amide bonds. The molecule has 0 aliphatic rings. The van der Waals surface area contributed by atoms with Crippen molar-refractivity contribution in [3.8, 4) is 0 Å². The molecule has 0 heterocycles. The second kappa shape index (κ2) is 10.8. The molecule has 0 fully saturated rings. The summed E-state index contributed by atoms with van der Waals surface area (Å²) in [5, 5.41) is 0. The van der Waals surface area contributed by atoms with Gasteiger partial charge < -0.3 is 4.74 Å². The van der Waals surface area contributed by atoms with Crippen LogP contribution in [-0.2, 0) is 9.53 Å². The Morgan fingerprint density at radius 1 is 1.18 bits per heavy atom. The van der Waals surface area contributed by atoms with Crippen LogP contribution in [0.2, 0.25) is 0 Å². The zero-order chi connectivity index (χ0) is 16.2. The molecule has 1 unspecified atom stereocenters. The summed E-state index contributed by atoms with van der Waals surface area (Å²) in [5.74, 6) is 0.00399. The number of carbonyl (C=O) groups is 1. The van der Waals surface area contributed by atoms with Gasteiger partial charge in [-0.25, -0.2) is 4.79 Å². The van der Waals surface area contributed by atoms with E-state index in [0.717, 1.165) is 12.8 Å². The van der Waals surface area contributed by atoms with Crippen LogP contribution >= 0.6 is 0 Å². The van der Waals surface area contributed by atoms with Crippen molar-refractivity contribution in [1.82, 2.24) is 0 Å². The van der Waals surface area contributed by atoms with Gasteiger partial charge in [-0.1, -0.05) is 81.7 Å². The van der Waals surface area contributed by atoms with Crippen molar-refractivity contribution in [2.24, 2.45) is 5.92 Å². The second-order valence-electron chi connectivity index (χ2n) is 5.68. The lowest BCUT2D eigenvalue weighted by molar-refractivity contribution is -0.139. The molecule has 0 radical (unpaired) electrons. The fraction of sp³-hybridized carbons (Fsp3) is 0.450. The van der Waals surface area contributed by atoms with Gasteiger partial charge in [0, 0.05) is 5.57 Å². The van der Waals surface area contributed by atoms with Crippen molar-refractivity contribution in [2.75, 3.05) is 6.61 Å². The van der Waals surface area contributed by atoms with Crippen LogP contribution in [0.1, 0.15) is 52.0 Å². The summed E-state index contributed by atoms with van der Waals surface area (Å²) in [6.07, 6.45) is 10.6. The third-order valence-corrected chi connectivity index (χ3v) is 3.46. The molecule has 0 aromatic heterocycles. The number of esters is 1. The second-order valence-corrected chi connectivity index (χ2v) is 5.68. The SMILES string of the molecule is CCCCCCOC(=O)C(C)=CC(C)C=Cc1ccccc1. The Hall–Kier alpha value is -1.83. The molecular weight excluding hydrogens is 272 g/mol. The number of hydrogen-bond donors (Lipinski definition) is 0. The Morgan fingerprint density at radius 2 is 1.91 bits per heavy atom. The lowest BCUT2D eigenvalue weighted by atomic mass is 10.1. The molecule has 0 N–H and O–H groups in total. The number of ether oxygens (including phenoxy) is 1. The van der Waals surface area contributed by atoms with Gasteiger partial charge in [0.25, 0.3) is 0 Å². The zero-order valence-corrected chi connectivity index (χ0v) is 14.0. The van der Waals surface area contributed by atoms with E-state index >= 15 is 0 Å². The van der Waals surface area contributed by atoms with Crippen LogP contribution in [0, 0.1) is 5.92 Å². The van der Waals surface area contributed by atoms with Crippen LogP contribution in [0.5, 0.6) is 0 Å². The minimum atomic E-state index is -0.198. The molecule has 22 heavy (non-hydrogen) atoms. The molecule has 2 nitrogen and oxygen atoms in total. The Labute approximate surface area is 134 Å². The predicted octanol–water partition coefficient (Wildman–Crippen LogP) is 5.41. The number of allylic oxidation sites excluding steroid dienone is 2. The summed E-state index contributed by atoms with van der Waals surface area (Å²) in [6, 6.07) is 10.2. The highest BCUT2D eigenvalue weighted by atomic mass is 16.5. The quantitative estimate of drug-likeness (QED) is 0.346. The Bertz CT molecular complexity index is 486. The molecule has 1 atom stereocenters. The Balaban J connectivity index is 2.39. The highest BCUT2D eigenvalue weighted by molar-refractivity contribution is 5.87. The fourth-order valence-electron chi connectivity index (χ4n) is 2.15. The highest BCUT2D eigenvalue weighted by Crippen LogP contribution is 2.10. The van der Waals surface area contributed by atoms with Gasteiger partial charge in [0.05, 0.1) is 6.61 Å². The summed E-state index contributed by atoms with van der Waals surface area (Å²) in [5.41, 5.74) is 1.85. The maximum absolute atomic E-state index is 11.9. The Kier molecular flexibility index (Phi) is 8.97. The average molecular weight is 300 g/mol. The van der Waals surface area contributed by atoms with Crippen molar-refractivity contribution < 1.29 is 9.53 Å². The van der Waals surface area contributed by atoms with Crippen LogP contribution in [0.15, 0.2) is 48.1 Å². The number of unbranched alkanes of at least 4 members (excludes halogenated alkanes) is 3. The van der Waals surface area contributed by atoms with E-state index < -0.39 is 0 Å². The lowest BCUT2D eigenvalue weighted by Gasteiger charge is -2.06. The molecule has 2 heteroatoms. The van der Waals surface area contributed by atoms with E-state index in [4.69, 9.17) is 4.74 Å². The van der Waals surface area contributed by atoms with E-state index in [0.29, 0.717) is 12.2 Å². The van der Waals surface area contributed by atoms with Crippen molar-refractivity contribution in [3.63, 3.8) is 0 Å². The summed E-state index contributed by atoms with van der Waals surface area (Å²) in [6.45, 7) is 6.58. The van der Waals surface area contributed by atoms with Gasteiger partial charge in [0.15, 0.2) is 0 Å². The smallest absolute Gasteiger partial charge is 0.333 e. The van der Waals surface area contributed by atoms with Crippen molar-refractivity contribution >= 4 is 12.0 Å². The lowest BCUT2D eigenvalue weighted by Crippen LogP contribution is -2.08. The molecule has 0 saturated carbocycles. The number of carbonyl (C=O) groups excluding carboxylic acids is 1. The highest BCUT2D eigenvalue weighted by Gasteiger charge is 2.06. The summed E-state index contributed by atoms with van der Waals surface area (Å²) >= 11 is 0. The molecule has 1 aromatic rings. The maximum atomic E-state index is 11.9. The summed E-state index contributed by atoms with van der Waals surface area (Å²) < 4.78 is 5.28. The average Bonchev–Trinajstić information content (AvgIpc) is 2.53. The third-order valence-electron chi connectivity index (χ3n) is 3.46. The third kappa shape index (κ3) is 7.82. The van der Waals surface area contributed by atoms with Gasteiger partial charge in [-0.05, 0) is 24.8 Å². The topological polar surface area (TPSA) is 26.3 Å². The van der Waals surface area contributed by atoms with Crippen LogP contribution < -0.4 is 0 Å². The van der Waals surface area contributed by atoms with Gasteiger partial charge in [0.2, 0.25) is 0 Å². The molecule has 0 aliphatic heterocycles. The normalized spacial score (nSPS) is 13.3. The first kappa shape index (κ1) is 18.2. The van der Waals surface area contributed by atoms with E-state index in [2.05, 4.69) is 38.1 Å². The largest absolute Gasteiger partial charge is 0.462 e. The van der Waals surface area contributed by atoms with Gasteiger partial charge in [-0.15, -0.1) is 0 Å². The van der Waals surface area contributed by atoms with Crippen LogP contribution in [-0.4, -0.2) is 12.6 Å². The van der Waals surface area contributed by atoms with Gasteiger partial charge in [0.1, 0.15) is 0 Å². The molecule has 0 bridgehead atoms. The van der Waals surface area contributed by atoms with E-state index in [9.17, 15) is 4.79 Å². The minimum Gasteiger partial charge on any atom is -0.462 e. The van der Waals surface area contributed by atoms with Crippen molar-refractivity contribution in [2.45, 2.75) is 46.5 Å². The fourth-order valence-corrected chi connectivity index (χ4v) is 2.15. The van der Waals surface area contributed by atoms with Crippen LogP contribution in [0.4, 0.5) is 0 Å². The summed E-state index contributed by atoms with van der Waals surface area (Å²) in [7, 11) is 0. The van der Waals surface area contributed by atoms with E-state index in [1.54, 1.807) is 0 Å². The molecule has 0 aliphatic carbocycles. The molecule has 0 saturated heterocycles. The molecular formula is C20H28O2. The molecule has 0 spiro atoms. The van der Waals surface area contributed by atoms with Gasteiger partial charge in [-0.2, -0.15) is 0 Å². The van der Waals surface area contributed by atoms with E-state index in [-0.39, 0.29) is 11.9 Å². The number of hydrogen-bond acceptors (Lipinski definition) is 2. The number of benzene rings is 1. The molecule has 1 rings (SSSR count). The summed E-state index contributed by atoms with van der Waals surface area (Å²) in [4.78, 5) is 11.9. The zero-order valence-electron chi connectivity index (χ0n) is 14.0. The molecule has 120 valence electrons.